The molecule has 0 aliphatic carbocycles. The normalized spacial score (nSPS) is 16.1. The highest BCUT2D eigenvalue weighted by atomic mass is 16.5. The van der Waals surface area contributed by atoms with E-state index in [2.05, 4.69) is 24.4 Å². The van der Waals surface area contributed by atoms with Crippen LogP contribution in [0, 0.1) is 0 Å². The minimum Gasteiger partial charge on any atom is -0.493 e. The maximum absolute atomic E-state index is 6.03. The summed E-state index contributed by atoms with van der Waals surface area (Å²) in [7, 11) is 1.69. The largest absolute Gasteiger partial charge is 0.493 e. The summed E-state index contributed by atoms with van der Waals surface area (Å²) in [6.45, 7) is 5.63. The number of ether oxygens (including phenoxy) is 3. The van der Waals surface area contributed by atoms with E-state index in [0.717, 1.165) is 57.1 Å². The second-order valence-electron chi connectivity index (χ2n) is 5.09. The highest BCUT2D eigenvalue weighted by Crippen LogP contribution is 2.30. The molecule has 1 N–H and O–H groups in total. The highest BCUT2D eigenvalue weighted by Gasteiger charge is 2.17. The minimum absolute atomic E-state index is 0.238. The van der Waals surface area contributed by atoms with Crippen LogP contribution in [0.3, 0.4) is 0 Å². The fourth-order valence-electron chi connectivity index (χ4n) is 2.30. The molecule has 4 heteroatoms. The van der Waals surface area contributed by atoms with E-state index in [1.807, 2.05) is 6.07 Å². The van der Waals surface area contributed by atoms with Gasteiger partial charge < -0.3 is 19.5 Å². The molecule has 0 atom stereocenters. The summed E-state index contributed by atoms with van der Waals surface area (Å²) in [5.74, 6) is 1.64. The highest BCUT2D eigenvalue weighted by molar-refractivity contribution is 5.43. The molecule has 0 spiro atoms. The van der Waals surface area contributed by atoms with E-state index in [-0.39, 0.29) is 6.10 Å². The summed E-state index contributed by atoms with van der Waals surface area (Å²) in [4.78, 5) is 0. The molecular weight excluding hydrogens is 254 g/mol. The summed E-state index contributed by atoms with van der Waals surface area (Å²) < 4.78 is 16.8. The third-order valence-corrected chi connectivity index (χ3v) is 3.45. The van der Waals surface area contributed by atoms with Crippen molar-refractivity contribution in [2.75, 3.05) is 26.9 Å². The quantitative estimate of drug-likeness (QED) is 0.779. The predicted octanol–water partition coefficient (Wildman–Crippen LogP) is 2.75. The first-order chi connectivity index (χ1) is 9.83. The summed E-state index contributed by atoms with van der Waals surface area (Å²) >= 11 is 0. The SMILES string of the molecule is CCCNCc1ccc(OC2CCOCC2)c(OC)c1. The smallest absolute Gasteiger partial charge is 0.161 e. The molecule has 1 aromatic rings. The number of nitrogens with one attached hydrogen (secondary N) is 1. The number of rotatable bonds is 7. The molecule has 1 aliphatic rings. The van der Waals surface area contributed by atoms with Gasteiger partial charge in [0.1, 0.15) is 6.10 Å². The van der Waals surface area contributed by atoms with Crippen LogP contribution >= 0.6 is 0 Å². The molecule has 20 heavy (non-hydrogen) atoms. The number of hydrogen-bond acceptors (Lipinski definition) is 4. The first kappa shape index (κ1) is 15.1. The Labute approximate surface area is 121 Å². The van der Waals surface area contributed by atoms with Crippen LogP contribution in [-0.4, -0.2) is 33.0 Å². The van der Waals surface area contributed by atoms with Gasteiger partial charge in [-0.1, -0.05) is 13.0 Å². The fraction of sp³-hybridized carbons (Fsp3) is 0.625. The zero-order chi connectivity index (χ0) is 14.2. The number of benzene rings is 1. The first-order valence-corrected chi connectivity index (χ1v) is 7.45. The molecule has 0 amide bonds. The summed E-state index contributed by atoms with van der Waals surface area (Å²) in [6.07, 6.45) is 3.27. The zero-order valence-electron chi connectivity index (χ0n) is 12.5. The number of hydrogen-bond donors (Lipinski definition) is 1. The lowest BCUT2D eigenvalue weighted by molar-refractivity contribution is 0.0245. The van der Waals surface area contributed by atoms with Gasteiger partial charge >= 0.3 is 0 Å². The Hall–Kier alpha value is -1.26. The van der Waals surface area contributed by atoms with Gasteiger partial charge in [0.05, 0.1) is 20.3 Å². The topological polar surface area (TPSA) is 39.7 Å². The average molecular weight is 279 g/mol. The van der Waals surface area contributed by atoms with Gasteiger partial charge in [0, 0.05) is 19.4 Å². The Bertz CT molecular complexity index is 403. The van der Waals surface area contributed by atoms with E-state index >= 15 is 0 Å². The molecule has 1 fully saturated rings. The Balaban J connectivity index is 1.97. The molecule has 4 nitrogen and oxygen atoms in total. The first-order valence-electron chi connectivity index (χ1n) is 7.45. The molecule has 1 aromatic carbocycles. The lowest BCUT2D eigenvalue weighted by atomic mass is 10.1. The lowest BCUT2D eigenvalue weighted by Gasteiger charge is -2.24. The van der Waals surface area contributed by atoms with Crippen molar-refractivity contribution < 1.29 is 14.2 Å². The van der Waals surface area contributed by atoms with Crippen molar-refractivity contribution in [1.29, 1.82) is 0 Å². The van der Waals surface area contributed by atoms with Crippen molar-refractivity contribution in [3.8, 4) is 11.5 Å². The van der Waals surface area contributed by atoms with Crippen molar-refractivity contribution in [2.45, 2.75) is 38.8 Å². The van der Waals surface area contributed by atoms with Crippen LogP contribution in [0.2, 0.25) is 0 Å². The van der Waals surface area contributed by atoms with Crippen LogP contribution in [0.1, 0.15) is 31.7 Å². The van der Waals surface area contributed by atoms with Crippen molar-refractivity contribution in [3.63, 3.8) is 0 Å². The van der Waals surface area contributed by atoms with E-state index in [9.17, 15) is 0 Å². The van der Waals surface area contributed by atoms with Crippen LogP contribution < -0.4 is 14.8 Å². The van der Waals surface area contributed by atoms with Gasteiger partial charge in [0.2, 0.25) is 0 Å². The Morgan fingerprint density at radius 3 is 2.75 bits per heavy atom. The summed E-state index contributed by atoms with van der Waals surface area (Å²) in [5.41, 5.74) is 1.22. The van der Waals surface area contributed by atoms with Crippen LogP contribution in [0.4, 0.5) is 0 Å². The van der Waals surface area contributed by atoms with E-state index in [4.69, 9.17) is 14.2 Å². The maximum Gasteiger partial charge on any atom is 0.161 e. The maximum atomic E-state index is 6.03. The van der Waals surface area contributed by atoms with Gasteiger partial charge in [-0.2, -0.15) is 0 Å². The fourth-order valence-corrected chi connectivity index (χ4v) is 2.30. The molecule has 112 valence electrons. The van der Waals surface area contributed by atoms with Gasteiger partial charge in [-0.3, -0.25) is 0 Å². The third kappa shape index (κ3) is 4.39. The summed E-state index contributed by atoms with van der Waals surface area (Å²) in [6, 6.07) is 6.16. The standard InChI is InChI=1S/C16H25NO3/c1-3-8-17-12-13-4-5-15(16(11-13)18-2)20-14-6-9-19-10-7-14/h4-5,11,14,17H,3,6-10,12H2,1-2H3. The molecule has 0 aromatic heterocycles. The van der Waals surface area contributed by atoms with E-state index < -0.39 is 0 Å². The Kier molecular flexibility index (Phi) is 6.15. The molecule has 0 saturated carbocycles. The molecule has 1 aliphatic heterocycles. The van der Waals surface area contributed by atoms with Gasteiger partial charge in [0.15, 0.2) is 11.5 Å². The molecule has 0 bridgehead atoms. The van der Waals surface area contributed by atoms with Crippen molar-refractivity contribution in [2.24, 2.45) is 0 Å². The van der Waals surface area contributed by atoms with Crippen LogP contribution in [0.5, 0.6) is 11.5 Å². The van der Waals surface area contributed by atoms with E-state index in [1.165, 1.54) is 5.56 Å². The second-order valence-corrected chi connectivity index (χ2v) is 5.09. The van der Waals surface area contributed by atoms with Gasteiger partial charge in [-0.15, -0.1) is 0 Å². The Morgan fingerprint density at radius 1 is 1.25 bits per heavy atom. The average Bonchev–Trinajstić information content (AvgIpc) is 2.50. The van der Waals surface area contributed by atoms with E-state index in [0.29, 0.717) is 0 Å². The van der Waals surface area contributed by atoms with Crippen molar-refractivity contribution in [3.05, 3.63) is 23.8 Å². The molecule has 0 radical (unpaired) electrons. The predicted molar refractivity (Wildman–Crippen MR) is 79.5 cm³/mol. The number of methoxy groups -OCH3 is 1. The molecule has 1 heterocycles. The summed E-state index contributed by atoms with van der Waals surface area (Å²) in [5, 5.41) is 3.39. The van der Waals surface area contributed by atoms with Crippen molar-refractivity contribution in [1.82, 2.24) is 5.32 Å². The Morgan fingerprint density at radius 2 is 2.05 bits per heavy atom. The zero-order valence-corrected chi connectivity index (χ0v) is 12.5. The van der Waals surface area contributed by atoms with Crippen molar-refractivity contribution >= 4 is 0 Å². The van der Waals surface area contributed by atoms with Gasteiger partial charge in [-0.05, 0) is 30.7 Å². The molecule has 2 rings (SSSR count). The third-order valence-electron chi connectivity index (χ3n) is 3.45. The van der Waals surface area contributed by atoms with Crippen LogP contribution in [-0.2, 0) is 11.3 Å². The van der Waals surface area contributed by atoms with Gasteiger partial charge in [-0.25, -0.2) is 0 Å². The van der Waals surface area contributed by atoms with Crippen LogP contribution in [0.25, 0.3) is 0 Å². The van der Waals surface area contributed by atoms with Crippen LogP contribution in [0.15, 0.2) is 18.2 Å². The van der Waals surface area contributed by atoms with E-state index in [1.54, 1.807) is 7.11 Å². The minimum atomic E-state index is 0.238. The molecular formula is C16H25NO3. The lowest BCUT2D eigenvalue weighted by Crippen LogP contribution is -2.26. The monoisotopic (exact) mass is 279 g/mol. The molecule has 1 saturated heterocycles. The van der Waals surface area contributed by atoms with Gasteiger partial charge in [0.25, 0.3) is 0 Å². The second kappa shape index (κ2) is 8.12. The molecule has 0 unspecified atom stereocenters.